The van der Waals surface area contributed by atoms with Crippen LogP contribution in [-0.4, -0.2) is 0 Å². The smallest absolute Gasteiger partial charge is 0.00262 e. The highest BCUT2D eigenvalue weighted by atomic mass is 14.2. The zero-order chi connectivity index (χ0) is 74.0. The first-order valence-electron chi connectivity index (χ1n) is 38.8. The minimum absolute atomic E-state index is 1.22. The molecule has 0 radical (unpaired) electrons. The molecule has 0 N–H and O–H groups in total. The van der Waals surface area contributed by atoms with Crippen molar-refractivity contribution in [3.8, 4) is 111 Å². The third-order valence-electron chi connectivity index (χ3n) is 23.3. The Kier molecular flexibility index (Phi) is 16.4. The van der Waals surface area contributed by atoms with E-state index in [4.69, 9.17) is 0 Å². The molecule has 0 fully saturated rings. The van der Waals surface area contributed by atoms with Crippen molar-refractivity contribution in [1.29, 1.82) is 0 Å². The fraction of sp³-hybridized carbons (Fsp3) is 0. The predicted octanol–water partition coefficient (Wildman–Crippen LogP) is 31.6. The minimum Gasteiger partial charge on any atom is -0.0616 e. The van der Waals surface area contributed by atoms with Crippen LogP contribution in [-0.2, 0) is 0 Å². The average molecular weight is 1420 g/mol. The summed E-state index contributed by atoms with van der Waals surface area (Å²) in [6.45, 7) is 0. The predicted molar refractivity (Wildman–Crippen MR) is 482 cm³/mol. The first-order valence-corrected chi connectivity index (χ1v) is 38.8. The van der Waals surface area contributed by atoms with E-state index in [-0.39, 0.29) is 0 Å². The topological polar surface area (TPSA) is 0 Å². The van der Waals surface area contributed by atoms with Crippen molar-refractivity contribution in [2.45, 2.75) is 0 Å². The molecule has 0 spiro atoms. The third kappa shape index (κ3) is 11.8. The zero-order valence-electron chi connectivity index (χ0n) is 61.6. The van der Waals surface area contributed by atoms with E-state index in [1.807, 2.05) is 0 Å². The Morgan fingerprint density at radius 1 is 0.0893 bits per heavy atom. The van der Waals surface area contributed by atoms with Crippen LogP contribution in [0.4, 0.5) is 0 Å². The summed E-state index contributed by atoms with van der Waals surface area (Å²) in [6, 6.07) is 161. The third-order valence-corrected chi connectivity index (χ3v) is 23.3. The van der Waals surface area contributed by atoms with Gasteiger partial charge in [-0.25, -0.2) is 0 Å². The van der Waals surface area contributed by atoms with Gasteiger partial charge in [-0.05, 0) is 249 Å². The van der Waals surface area contributed by atoms with Gasteiger partial charge in [-0.2, -0.15) is 0 Å². The molecule has 22 aromatic carbocycles. The van der Waals surface area contributed by atoms with Crippen molar-refractivity contribution >= 4 is 108 Å². The number of benzene rings is 22. The van der Waals surface area contributed by atoms with Gasteiger partial charge in [-0.3, -0.25) is 0 Å². The largest absolute Gasteiger partial charge is 0.0616 e. The van der Waals surface area contributed by atoms with E-state index in [9.17, 15) is 0 Å². The monoisotopic (exact) mass is 1420 g/mol. The molecule has 0 aliphatic rings. The van der Waals surface area contributed by atoms with E-state index in [1.54, 1.807) is 0 Å². The Balaban J connectivity index is 0.000000141. The van der Waals surface area contributed by atoms with Gasteiger partial charge in [0.15, 0.2) is 0 Å². The molecule has 112 heavy (non-hydrogen) atoms. The van der Waals surface area contributed by atoms with Crippen LogP contribution in [0.15, 0.2) is 437 Å². The van der Waals surface area contributed by atoms with Crippen LogP contribution in [0, 0.1) is 0 Å². The lowest BCUT2D eigenvalue weighted by Crippen LogP contribution is -1.91. The van der Waals surface area contributed by atoms with Gasteiger partial charge >= 0.3 is 0 Å². The van der Waals surface area contributed by atoms with Crippen molar-refractivity contribution < 1.29 is 0 Å². The summed E-state index contributed by atoms with van der Waals surface area (Å²) >= 11 is 0. The van der Waals surface area contributed by atoms with Crippen LogP contribution in [0.5, 0.6) is 0 Å². The van der Waals surface area contributed by atoms with Crippen molar-refractivity contribution in [1.82, 2.24) is 0 Å². The normalized spacial score (nSPS) is 11.6. The maximum absolute atomic E-state index is 2.39. The Morgan fingerprint density at radius 2 is 0.277 bits per heavy atom. The van der Waals surface area contributed by atoms with Gasteiger partial charge in [0.05, 0.1) is 0 Å². The maximum Gasteiger partial charge on any atom is -0.00262 e. The molecule has 0 aromatic heterocycles. The summed E-state index contributed by atoms with van der Waals surface area (Å²) in [5, 5.41) is 25.2. The number of rotatable bonds is 10. The van der Waals surface area contributed by atoms with Crippen molar-refractivity contribution in [3.63, 3.8) is 0 Å². The van der Waals surface area contributed by atoms with Crippen molar-refractivity contribution in [3.05, 3.63) is 437 Å². The number of fused-ring (bicyclic) bond motifs is 10. The highest BCUT2D eigenvalue weighted by Gasteiger charge is 2.21. The first kappa shape index (κ1) is 65.7. The molecular formula is C112H72. The standard InChI is InChI=1S/2C56H36/c1-3-15-47-39(11-1)13-9-21-49(47)41-27-23-37(24-28-41)44-33-25-38-26-34-45(36-46(38)35-44)56-53-19-7-5-17-51(53)55(52-18-6-8-20-54(52)56)43-31-29-42(30-32-43)50-22-10-14-40-12-2-4-16-48(40)50;1-2-12-44-34-45(31-24-37(44)10-1)38-20-22-39(23-21-38)46-32-25-40-26-33-47(36-48(40)35-46)56-53-17-7-5-15-51(53)55(52-16-6-8-18-54(52)56)43-29-27-42(28-30-43)50-19-9-13-41-11-3-4-14-49(41)50/h2*1-36H. The molecule has 0 unspecified atom stereocenters. The molecule has 0 heteroatoms. The molecule has 0 amide bonds. The molecule has 0 atom stereocenters. The summed E-state index contributed by atoms with van der Waals surface area (Å²) in [7, 11) is 0. The number of hydrogen-bond donors (Lipinski definition) is 0. The van der Waals surface area contributed by atoms with Crippen LogP contribution in [0.2, 0.25) is 0 Å². The second kappa shape index (κ2) is 27.9. The lowest BCUT2D eigenvalue weighted by Gasteiger charge is -2.18. The van der Waals surface area contributed by atoms with Gasteiger partial charge in [0.25, 0.3) is 0 Å². The van der Waals surface area contributed by atoms with Crippen LogP contribution in [0.1, 0.15) is 0 Å². The average Bonchev–Trinajstić information content (AvgIpc) is 0.736. The zero-order valence-corrected chi connectivity index (χ0v) is 61.6. The Bertz CT molecular complexity index is 7310. The molecule has 0 heterocycles. The van der Waals surface area contributed by atoms with Gasteiger partial charge < -0.3 is 0 Å². The van der Waals surface area contributed by atoms with E-state index < -0.39 is 0 Å². The fourth-order valence-electron chi connectivity index (χ4n) is 17.8. The Labute approximate surface area is 651 Å². The molecular weight excluding hydrogens is 1350 g/mol. The molecule has 0 nitrogen and oxygen atoms in total. The highest BCUT2D eigenvalue weighted by Crippen LogP contribution is 2.48. The highest BCUT2D eigenvalue weighted by molar-refractivity contribution is 6.24. The summed E-state index contributed by atoms with van der Waals surface area (Å²) in [4.78, 5) is 0. The van der Waals surface area contributed by atoms with Crippen LogP contribution >= 0.6 is 0 Å². The summed E-state index contributed by atoms with van der Waals surface area (Å²) in [5.74, 6) is 0. The maximum atomic E-state index is 2.39. The molecule has 22 rings (SSSR count). The quantitative estimate of drug-likeness (QED) is 0.120. The summed E-state index contributed by atoms with van der Waals surface area (Å²) < 4.78 is 0. The van der Waals surface area contributed by atoms with E-state index in [0.717, 1.165) is 0 Å². The van der Waals surface area contributed by atoms with Gasteiger partial charge in [-0.1, -0.05) is 406 Å². The number of hydrogen-bond acceptors (Lipinski definition) is 0. The first-order chi connectivity index (χ1) is 55.5. The van der Waals surface area contributed by atoms with Crippen LogP contribution < -0.4 is 0 Å². The lowest BCUT2D eigenvalue weighted by molar-refractivity contribution is 1.61. The van der Waals surface area contributed by atoms with Gasteiger partial charge in [0, 0.05) is 0 Å². The fourth-order valence-corrected chi connectivity index (χ4v) is 17.8. The molecule has 520 valence electrons. The molecule has 0 aliphatic carbocycles. The SMILES string of the molecule is c1ccc2c(-c3ccc(-c4ccc5ccc(-c6c7ccccc7c(-c7ccc(-c8cccc9ccccc89)cc7)c7ccccc67)cc5c4)cc3)cccc2c1.c1ccc2cc(-c3ccc(-c4ccc5ccc(-c6c7ccccc7c(-c7ccc(-c8cccc9ccccc89)cc7)c7ccccc67)cc5c4)cc3)ccc2c1. The van der Waals surface area contributed by atoms with Crippen LogP contribution in [0.25, 0.3) is 219 Å². The minimum atomic E-state index is 1.22. The Hall–Kier alpha value is -14.6. The molecule has 22 aromatic rings. The second-order valence-corrected chi connectivity index (χ2v) is 29.7. The lowest BCUT2D eigenvalue weighted by atomic mass is 9.85. The molecule has 0 saturated heterocycles. The van der Waals surface area contributed by atoms with Gasteiger partial charge in [0.2, 0.25) is 0 Å². The van der Waals surface area contributed by atoms with Crippen LogP contribution in [0.3, 0.4) is 0 Å². The second-order valence-electron chi connectivity index (χ2n) is 29.7. The van der Waals surface area contributed by atoms with Crippen molar-refractivity contribution in [2.75, 3.05) is 0 Å². The van der Waals surface area contributed by atoms with Crippen molar-refractivity contribution in [2.24, 2.45) is 0 Å². The van der Waals surface area contributed by atoms with Gasteiger partial charge in [-0.15, -0.1) is 0 Å². The van der Waals surface area contributed by atoms with Gasteiger partial charge in [0.1, 0.15) is 0 Å². The Morgan fingerprint density at radius 3 is 0.580 bits per heavy atom. The molecule has 0 bridgehead atoms. The van der Waals surface area contributed by atoms with E-state index >= 15 is 0 Å². The van der Waals surface area contributed by atoms with E-state index in [2.05, 4.69) is 437 Å². The molecule has 0 aliphatic heterocycles. The summed E-state index contributed by atoms with van der Waals surface area (Å²) in [6.07, 6.45) is 0. The van der Waals surface area contributed by atoms with E-state index in [1.165, 1.54) is 219 Å². The van der Waals surface area contributed by atoms with E-state index in [0.29, 0.717) is 0 Å². The molecule has 0 saturated carbocycles. The summed E-state index contributed by atoms with van der Waals surface area (Å²) in [5.41, 5.74) is 24.8.